The average molecular weight is 446 g/mol. The molecule has 170 valence electrons. The number of nitrogens with zero attached hydrogens (tertiary/aromatic N) is 4. The number of rotatable bonds is 7. The smallest absolute Gasteiger partial charge is 0.278 e. The molecule has 1 fully saturated rings. The second kappa shape index (κ2) is 8.92. The number of aliphatic hydroxyl groups is 3. The van der Waals surface area contributed by atoms with Gasteiger partial charge in [0.25, 0.3) is 5.56 Å². The fourth-order valence-electron chi connectivity index (χ4n) is 3.39. The van der Waals surface area contributed by atoms with Gasteiger partial charge in [-0.05, 0) is 30.7 Å². The Morgan fingerprint density at radius 2 is 2.19 bits per heavy atom. The van der Waals surface area contributed by atoms with Crippen molar-refractivity contribution in [1.29, 1.82) is 0 Å². The summed E-state index contributed by atoms with van der Waals surface area (Å²) in [6.45, 7) is 1.70. The lowest BCUT2D eigenvalue weighted by Gasteiger charge is -2.18. The predicted octanol–water partition coefficient (Wildman–Crippen LogP) is -0.719. The highest BCUT2D eigenvalue weighted by Gasteiger charge is 2.45. The molecule has 3 aromatic rings. The van der Waals surface area contributed by atoms with Gasteiger partial charge in [0.05, 0.1) is 25.8 Å². The van der Waals surface area contributed by atoms with Crippen molar-refractivity contribution < 1.29 is 29.9 Å². The van der Waals surface area contributed by atoms with E-state index in [9.17, 15) is 25.2 Å². The number of H-pyrrole nitrogens is 1. The van der Waals surface area contributed by atoms with E-state index in [-0.39, 0.29) is 22.9 Å². The van der Waals surface area contributed by atoms with Crippen LogP contribution in [0.5, 0.6) is 11.5 Å². The van der Waals surface area contributed by atoms with Crippen molar-refractivity contribution in [2.24, 2.45) is 5.10 Å². The van der Waals surface area contributed by atoms with Crippen LogP contribution in [0.15, 0.2) is 34.4 Å². The molecule has 6 N–H and O–H groups in total. The first-order chi connectivity index (χ1) is 15.4. The van der Waals surface area contributed by atoms with Gasteiger partial charge < -0.3 is 34.9 Å². The van der Waals surface area contributed by atoms with E-state index in [1.54, 1.807) is 19.1 Å². The van der Waals surface area contributed by atoms with E-state index in [0.717, 1.165) is 0 Å². The van der Waals surface area contributed by atoms with Gasteiger partial charge in [0.15, 0.2) is 28.9 Å². The lowest BCUT2D eigenvalue weighted by atomic mass is 10.1. The number of anilines is 1. The maximum atomic E-state index is 12.2. The summed E-state index contributed by atoms with van der Waals surface area (Å²) in [4.78, 5) is 22.9. The number of hydrogen-bond acceptors (Lipinski definition) is 11. The normalized spacial score (nSPS) is 23.2. The number of aromatic amines is 1. The Labute approximate surface area is 180 Å². The highest BCUT2D eigenvalue weighted by Crippen LogP contribution is 2.33. The lowest BCUT2D eigenvalue weighted by molar-refractivity contribution is -0.0501. The van der Waals surface area contributed by atoms with Gasteiger partial charge in [0.2, 0.25) is 5.95 Å². The summed E-state index contributed by atoms with van der Waals surface area (Å²) in [5.41, 5.74) is 2.73. The Hall–Kier alpha value is -3.52. The zero-order valence-electron chi connectivity index (χ0n) is 16.9. The first-order valence-electron chi connectivity index (χ1n) is 9.77. The molecule has 1 aromatic carbocycles. The number of ether oxygens (including phenoxy) is 2. The third-order valence-corrected chi connectivity index (χ3v) is 4.92. The summed E-state index contributed by atoms with van der Waals surface area (Å²) in [5, 5.41) is 44.0. The summed E-state index contributed by atoms with van der Waals surface area (Å²) in [5.74, 6) is 0.296. The van der Waals surface area contributed by atoms with E-state index in [2.05, 4.69) is 25.5 Å². The van der Waals surface area contributed by atoms with Crippen LogP contribution in [0.3, 0.4) is 0 Å². The van der Waals surface area contributed by atoms with Crippen molar-refractivity contribution in [3.8, 4) is 11.5 Å². The van der Waals surface area contributed by atoms with Crippen molar-refractivity contribution in [3.63, 3.8) is 0 Å². The quantitative estimate of drug-likeness (QED) is 0.200. The summed E-state index contributed by atoms with van der Waals surface area (Å²) < 4.78 is 12.1. The number of aromatic hydroxyl groups is 1. The fourth-order valence-corrected chi connectivity index (χ4v) is 3.39. The SMILES string of the molecule is CCOc1ccc(/C=N\Nc2nc3c(=O)[nH]cnc3n2[C@@H]2O[C@@H](CO)[C@@H](O)[C@H]2O)cc1O. The van der Waals surface area contributed by atoms with Gasteiger partial charge in [-0.15, -0.1) is 0 Å². The van der Waals surface area contributed by atoms with Crippen LogP contribution >= 0.6 is 0 Å². The standard InChI is InChI=1S/C19H22N6O7/c1-2-31-11-4-3-9(5-10(11)27)6-22-24-19-23-13-16(20-8-21-17(13)30)25(19)18-15(29)14(28)12(7-26)32-18/h3-6,8,12,14-15,18,26-29H,2,7H2,1H3,(H,23,24)(H,20,21,30)/b22-6-/t12-,14+,15+,18+/m0/s1. The fraction of sp³-hybridized carbons (Fsp3) is 0.368. The summed E-state index contributed by atoms with van der Waals surface area (Å²) >= 11 is 0. The van der Waals surface area contributed by atoms with Crippen LogP contribution in [0.1, 0.15) is 18.7 Å². The first kappa shape index (κ1) is 21.7. The van der Waals surface area contributed by atoms with Crippen molar-refractivity contribution >= 4 is 23.3 Å². The molecule has 4 atom stereocenters. The Morgan fingerprint density at radius 3 is 2.88 bits per heavy atom. The van der Waals surface area contributed by atoms with E-state index in [0.29, 0.717) is 17.9 Å². The van der Waals surface area contributed by atoms with Crippen LogP contribution in [0.25, 0.3) is 11.2 Å². The minimum absolute atomic E-state index is 0.00504. The molecular weight excluding hydrogens is 424 g/mol. The van der Waals surface area contributed by atoms with Crippen LogP contribution in [0.4, 0.5) is 5.95 Å². The van der Waals surface area contributed by atoms with Gasteiger partial charge in [-0.2, -0.15) is 5.10 Å². The number of aliphatic hydroxyl groups excluding tert-OH is 3. The van der Waals surface area contributed by atoms with E-state index in [4.69, 9.17) is 9.47 Å². The number of aromatic nitrogens is 4. The molecule has 0 saturated carbocycles. The highest BCUT2D eigenvalue weighted by atomic mass is 16.6. The topological polar surface area (TPSA) is 187 Å². The van der Waals surface area contributed by atoms with Crippen molar-refractivity contribution in [2.45, 2.75) is 31.5 Å². The number of benzene rings is 1. The minimum Gasteiger partial charge on any atom is -0.504 e. The van der Waals surface area contributed by atoms with Gasteiger partial charge in [-0.25, -0.2) is 15.4 Å². The van der Waals surface area contributed by atoms with Gasteiger partial charge in [0.1, 0.15) is 18.3 Å². The molecule has 32 heavy (non-hydrogen) atoms. The summed E-state index contributed by atoms with van der Waals surface area (Å²) in [6, 6.07) is 4.73. The number of nitrogens with one attached hydrogen (secondary N) is 2. The summed E-state index contributed by atoms with van der Waals surface area (Å²) in [7, 11) is 0. The number of phenolic OH excluding ortho intramolecular Hbond substituents is 1. The summed E-state index contributed by atoms with van der Waals surface area (Å²) in [6.07, 6.45) is -2.43. The maximum Gasteiger partial charge on any atom is 0.278 e. The molecule has 2 aromatic heterocycles. The Morgan fingerprint density at radius 1 is 1.38 bits per heavy atom. The van der Waals surface area contributed by atoms with E-state index >= 15 is 0 Å². The van der Waals surface area contributed by atoms with Crippen LogP contribution in [0, 0.1) is 0 Å². The van der Waals surface area contributed by atoms with E-state index in [1.165, 1.54) is 23.2 Å². The molecule has 0 radical (unpaired) electrons. The molecule has 0 unspecified atom stereocenters. The third-order valence-electron chi connectivity index (χ3n) is 4.92. The van der Waals surface area contributed by atoms with Crippen molar-refractivity contribution in [1.82, 2.24) is 19.5 Å². The molecular formula is C19H22N6O7. The van der Waals surface area contributed by atoms with Gasteiger partial charge in [-0.1, -0.05) is 0 Å². The zero-order valence-corrected chi connectivity index (χ0v) is 16.9. The second-order valence-corrected chi connectivity index (χ2v) is 6.97. The Balaban J connectivity index is 1.66. The number of imidazole rings is 1. The van der Waals surface area contributed by atoms with Crippen molar-refractivity contribution in [3.05, 3.63) is 40.4 Å². The number of hydrogen-bond donors (Lipinski definition) is 6. The van der Waals surface area contributed by atoms with Gasteiger partial charge in [0, 0.05) is 0 Å². The molecule has 13 nitrogen and oxygen atoms in total. The molecule has 0 amide bonds. The average Bonchev–Trinajstić information content (AvgIpc) is 3.28. The predicted molar refractivity (Wildman–Crippen MR) is 112 cm³/mol. The number of hydrazone groups is 1. The molecule has 0 bridgehead atoms. The lowest BCUT2D eigenvalue weighted by Crippen LogP contribution is -2.33. The largest absolute Gasteiger partial charge is 0.504 e. The Kier molecular flexibility index (Phi) is 6.05. The van der Waals surface area contributed by atoms with E-state index in [1.807, 2.05) is 0 Å². The molecule has 3 heterocycles. The number of phenols is 1. The highest BCUT2D eigenvalue weighted by molar-refractivity contribution is 5.81. The minimum atomic E-state index is -1.42. The molecule has 1 saturated heterocycles. The van der Waals surface area contributed by atoms with Crippen LogP contribution in [-0.2, 0) is 4.74 Å². The van der Waals surface area contributed by atoms with Crippen LogP contribution < -0.4 is 15.7 Å². The van der Waals surface area contributed by atoms with Crippen LogP contribution in [-0.4, -0.2) is 77.7 Å². The van der Waals surface area contributed by atoms with E-state index < -0.39 is 36.7 Å². The molecule has 4 rings (SSSR count). The van der Waals surface area contributed by atoms with Crippen molar-refractivity contribution in [2.75, 3.05) is 18.6 Å². The number of fused-ring (bicyclic) bond motifs is 1. The second-order valence-electron chi connectivity index (χ2n) is 6.97. The van der Waals surface area contributed by atoms with Gasteiger partial charge in [-0.3, -0.25) is 9.36 Å². The van der Waals surface area contributed by atoms with Crippen LogP contribution in [0.2, 0.25) is 0 Å². The monoisotopic (exact) mass is 446 g/mol. The molecule has 1 aliphatic heterocycles. The van der Waals surface area contributed by atoms with Gasteiger partial charge >= 0.3 is 0 Å². The molecule has 0 spiro atoms. The third kappa shape index (κ3) is 3.89. The molecule has 13 heteroatoms. The maximum absolute atomic E-state index is 12.2. The zero-order chi connectivity index (χ0) is 22.8. The Bertz CT molecular complexity index is 1190. The molecule has 0 aliphatic carbocycles. The first-order valence-corrected chi connectivity index (χ1v) is 9.77. The molecule has 1 aliphatic rings.